The van der Waals surface area contributed by atoms with Gasteiger partial charge in [0.05, 0.1) is 5.92 Å². The van der Waals surface area contributed by atoms with Crippen molar-refractivity contribution in [1.29, 1.82) is 0 Å². The zero-order valence-electron chi connectivity index (χ0n) is 15.7. The summed E-state index contributed by atoms with van der Waals surface area (Å²) in [7, 11) is 1.79. The Labute approximate surface area is 160 Å². The van der Waals surface area contributed by atoms with E-state index < -0.39 is 0 Å². The van der Waals surface area contributed by atoms with Crippen molar-refractivity contribution in [2.75, 3.05) is 25.5 Å². The van der Waals surface area contributed by atoms with Gasteiger partial charge in [0.2, 0.25) is 5.91 Å². The highest BCUT2D eigenvalue weighted by Gasteiger charge is 2.29. The predicted molar refractivity (Wildman–Crippen MR) is 109 cm³/mol. The van der Waals surface area contributed by atoms with Gasteiger partial charge in [0.25, 0.3) is 0 Å². The van der Waals surface area contributed by atoms with E-state index in [0.717, 1.165) is 36.6 Å². The second-order valence-electron chi connectivity index (χ2n) is 7.23. The van der Waals surface area contributed by atoms with Crippen LogP contribution in [0.2, 0.25) is 0 Å². The van der Waals surface area contributed by atoms with Gasteiger partial charge in [0.15, 0.2) is 5.96 Å². The van der Waals surface area contributed by atoms with Crippen LogP contribution < -0.4 is 16.0 Å². The molecule has 0 aromatic heterocycles. The molecule has 1 heterocycles. The standard InChI is InChI=1S/C22H26N4O/c1-23-22(25-14-16-11-10-15-6-2-3-7-17(15)16)24-13-12-19-18-8-4-5-9-20(18)26-21(19)27/h2-9,16,19H,10-14H2,1H3,(H,26,27)(H2,23,24,25). The lowest BCUT2D eigenvalue weighted by Gasteiger charge is -2.17. The first-order chi connectivity index (χ1) is 13.3. The summed E-state index contributed by atoms with van der Waals surface area (Å²) < 4.78 is 0. The van der Waals surface area contributed by atoms with Crippen LogP contribution in [0.4, 0.5) is 5.69 Å². The molecule has 1 aliphatic carbocycles. The fourth-order valence-corrected chi connectivity index (χ4v) is 4.20. The van der Waals surface area contributed by atoms with E-state index >= 15 is 0 Å². The van der Waals surface area contributed by atoms with Crippen molar-refractivity contribution in [3.05, 3.63) is 65.2 Å². The van der Waals surface area contributed by atoms with E-state index in [1.54, 1.807) is 7.05 Å². The average molecular weight is 362 g/mol. The third-order valence-corrected chi connectivity index (χ3v) is 5.63. The van der Waals surface area contributed by atoms with E-state index in [-0.39, 0.29) is 11.8 Å². The summed E-state index contributed by atoms with van der Waals surface area (Å²) in [6.07, 6.45) is 3.09. The van der Waals surface area contributed by atoms with Gasteiger partial charge in [-0.3, -0.25) is 9.79 Å². The molecule has 0 bridgehead atoms. The van der Waals surface area contributed by atoms with Crippen LogP contribution in [-0.2, 0) is 11.2 Å². The number of hydrogen-bond donors (Lipinski definition) is 3. The minimum Gasteiger partial charge on any atom is -0.356 e. The Morgan fingerprint density at radius 2 is 1.89 bits per heavy atom. The van der Waals surface area contributed by atoms with Gasteiger partial charge in [0, 0.05) is 31.7 Å². The van der Waals surface area contributed by atoms with Crippen molar-refractivity contribution >= 4 is 17.6 Å². The van der Waals surface area contributed by atoms with Crippen LogP contribution in [0.3, 0.4) is 0 Å². The molecule has 2 aromatic rings. The predicted octanol–water partition coefficient (Wildman–Crippen LogP) is 3.01. The zero-order chi connectivity index (χ0) is 18.6. The second kappa shape index (κ2) is 7.82. The Kier molecular flexibility index (Phi) is 5.10. The highest BCUT2D eigenvalue weighted by molar-refractivity contribution is 6.02. The normalized spacial score (nSPS) is 20.8. The number of fused-ring (bicyclic) bond motifs is 2. The fourth-order valence-electron chi connectivity index (χ4n) is 4.20. The highest BCUT2D eigenvalue weighted by Crippen LogP contribution is 2.34. The number of aliphatic imine (C=N–C) groups is 1. The zero-order valence-corrected chi connectivity index (χ0v) is 15.7. The number of carbonyl (C=O) groups is 1. The molecule has 2 aromatic carbocycles. The SMILES string of the molecule is CN=C(NCCC1C(=O)Nc2ccccc21)NCC1CCc2ccccc21. The number of nitrogens with one attached hydrogen (secondary N) is 3. The number of carbonyl (C=O) groups excluding carboxylic acids is 1. The van der Waals surface area contributed by atoms with Gasteiger partial charge in [-0.05, 0) is 42.0 Å². The topological polar surface area (TPSA) is 65.5 Å². The van der Waals surface area contributed by atoms with Crippen LogP contribution in [0.25, 0.3) is 0 Å². The van der Waals surface area contributed by atoms with E-state index in [0.29, 0.717) is 12.5 Å². The summed E-state index contributed by atoms with van der Waals surface area (Å²) in [4.78, 5) is 16.5. The number of rotatable bonds is 5. The maximum absolute atomic E-state index is 12.2. The lowest BCUT2D eigenvalue weighted by Crippen LogP contribution is -2.40. The fraction of sp³-hybridized carbons (Fsp3) is 0.364. The maximum atomic E-state index is 12.2. The van der Waals surface area contributed by atoms with E-state index in [9.17, 15) is 4.79 Å². The molecular weight excluding hydrogens is 336 g/mol. The van der Waals surface area contributed by atoms with Gasteiger partial charge >= 0.3 is 0 Å². The van der Waals surface area contributed by atoms with Crippen LogP contribution in [0.5, 0.6) is 0 Å². The number of guanidine groups is 1. The summed E-state index contributed by atoms with van der Waals surface area (Å²) in [6.45, 7) is 1.58. The van der Waals surface area contributed by atoms with Crippen molar-refractivity contribution in [3.63, 3.8) is 0 Å². The number of para-hydroxylation sites is 1. The molecule has 5 nitrogen and oxygen atoms in total. The Morgan fingerprint density at radius 1 is 1.11 bits per heavy atom. The molecule has 5 heteroatoms. The Bertz CT molecular complexity index is 861. The minimum absolute atomic E-state index is 0.0866. The molecule has 0 saturated carbocycles. The second-order valence-corrected chi connectivity index (χ2v) is 7.23. The van der Waals surface area contributed by atoms with Gasteiger partial charge < -0.3 is 16.0 Å². The van der Waals surface area contributed by atoms with Crippen LogP contribution in [0, 0.1) is 0 Å². The molecule has 140 valence electrons. The summed E-state index contributed by atoms with van der Waals surface area (Å²) in [5.41, 5.74) is 4.96. The van der Waals surface area contributed by atoms with Gasteiger partial charge in [-0.1, -0.05) is 42.5 Å². The minimum atomic E-state index is -0.0893. The number of amides is 1. The number of aryl methyl sites for hydroxylation is 1. The van der Waals surface area contributed by atoms with Gasteiger partial charge in [-0.25, -0.2) is 0 Å². The van der Waals surface area contributed by atoms with E-state index in [4.69, 9.17) is 0 Å². The molecule has 0 saturated heterocycles. The number of benzene rings is 2. The monoisotopic (exact) mass is 362 g/mol. The number of hydrogen-bond acceptors (Lipinski definition) is 2. The van der Waals surface area contributed by atoms with Crippen molar-refractivity contribution in [3.8, 4) is 0 Å². The summed E-state index contributed by atoms with van der Waals surface area (Å²) in [5.74, 6) is 1.33. The summed E-state index contributed by atoms with van der Waals surface area (Å²) in [6, 6.07) is 16.6. The third-order valence-electron chi connectivity index (χ3n) is 5.63. The molecule has 0 spiro atoms. The van der Waals surface area contributed by atoms with Crippen molar-refractivity contribution in [2.24, 2.45) is 4.99 Å². The van der Waals surface area contributed by atoms with Gasteiger partial charge in [-0.2, -0.15) is 0 Å². The molecule has 1 amide bonds. The average Bonchev–Trinajstić information content (AvgIpc) is 3.25. The molecule has 2 atom stereocenters. The summed E-state index contributed by atoms with van der Waals surface area (Å²) >= 11 is 0. The molecule has 0 radical (unpaired) electrons. The lowest BCUT2D eigenvalue weighted by molar-refractivity contribution is -0.117. The Morgan fingerprint density at radius 3 is 2.74 bits per heavy atom. The molecule has 27 heavy (non-hydrogen) atoms. The summed E-state index contributed by atoms with van der Waals surface area (Å²) in [5, 5.41) is 9.76. The van der Waals surface area contributed by atoms with Crippen molar-refractivity contribution in [2.45, 2.75) is 31.1 Å². The molecule has 4 rings (SSSR count). The first-order valence-electron chi connectivity index (χ1n) is 9.68. The third kappa shape index (κ3) is 3.68. The highest BCUT2D eigenvalue weighted by atomic mass is 16.2. The molecule has 3 N–H and O–H groups in total. The van der Waals surface area contributed by atoms with E-state index in [1.807, 2.05) is 24.3 Å². The Balaban J connectivity index is 1.28. The molecule has 2 unspecified atom stereocenters. The van der Waals surface area contributed by atoms with Gasteiger partial charge in [0.1, 0.15) is 0 Å². The van der Waals surface area contributed by atoms with Gasteiger partial charge in [-0.15, -0.1) is 0 Å². The maximum Gasteiger partial charge on any atom is 0.232 e. The van der Waals surface area contributed by atoms with Crippen molar-refractivity contribution < 1.29 is 4.79 Å². The van der Waals surface area contributed by atoms with Crippen molar-refractivity contribution in [1.82, 2.24) is 10.6 Å². The molecule has 2 aliphatic rings. The molecule has 1 aliphatic heterocycles. The molecular formula is C22H26N4O. The quantitative estimate of drug-likeness (QED) is 0.566. The largest absolute Gasteiger partial charge is 0.356 e. The van der Waals surface area contributed by atoms with Crippen LogP contribution in [0.1, 0.15) is 41.4 Å². The lowest BCUT2D eigenvalue weighted by atomic mass is 9.97. The van der Waals surface area contributed by atoms with Crippen LogP contribution in [-0.4, -0.2) is 32.0 Å². The number of nitrogens with zero attached hydrogens (tertiary/aromatic N) is 1. The smallest absolute Gasteiger partial charge is 0.232 e. The van der Waals surface area contributed by atoms with Crippen LogP contribution in [0.15, 0.2) is 53.5 Å². The Hall–Kier alpha value is -2.82. The molecule has 0 fully saturated rings. The first kappa shape index (κ1) is 17.6. The first-order valence-corrected chi connectivity index (χ1v) is 9.68. The van der Waals surface area contributed by atoms with Crippen LogP contribution >= 0.6 is 0 Å². The van der Waals surface area contributed by atoms with E-state index in [2.05, 4.69) is 45.2 Å². The number of anilines is 1. The van der Waals surface area contributed by atoms with E-state index in [1.165, 1.54) is 17.5 Å².